The third kappa shape index (κ3) is 3.95. The Bertz CT molecular complexity index is 948. The fourth-order valence-electron chi connectivity index (χ4n) is 2.20. The molecule has 26 heavy (non-hydrogen) atoms. The topological polar surface area (TPSA) is 88.3 Å². The van der Waals surface area contributed by atoms with Gasteiger partial charge in [-0.15, -0.1) is 0 Å². The molecule has 0 unspecified atom stereocenters. The van der Waals surface area contributed by atoms with Crippen LogP contribution in [0.3, 0.4) is 0 Å². The van der Waals surface area contributed by atoms with Crippen LogP contribution in [0.2, 0.25) is 0 Å². The van der Waals surface area contributed by atoms with Crippen LogP contribution >= 0.6 is 11.3 Å². The molecule has 9 heteroatoms. The second kappa shape index (κ2) is 7.56. The van der Waals surface area contributed by atoms with E-state index in [0.29, 0.717) is 18.3 Å². The van der Waals surface area contributed by atoms with Crippen LogP contribution in [0.4, 0.5) is 5.69 Å². The summed E-state index contributed by atoms with van der Waals surface area (Å²) in [6, 6.07) is 8.43. The van der Waals surface area contributed by atoms with Crippen LogP contribution in [0.25, 0.3) is 11.4 Å². The van der Waals surface area contributed by atoms with Gasteiger partial charge in [0.05, 0.1) is 11.4 Å². The molecule has 7 nitrogen and oxygen atoms in total. The summed E-state index contributed by atoms with van der Waals surface area (Å²) in [5, 5.41) is 11.0. The average Bonchev–Trinajstić information content (AvgIpc) is 3.30. The van der Waals surface area contributed by atoms with E-state index in [1.807, 2.05) is 30.7 Å². The third-order valence-corrected chi connectivity index (χ3v) is 6.68. The quantitative estimate of drug-likeness (QED) is 0.663. The van der Waals surface area contributed by atoms with Crippen molar-refractivity contribution in [3.8, 4) is 11.4 Å². The maximum absolute atomic E-state index is 12.5. The number of sulfonamides is 1. The van der Waals surface area contributed by atoms with Crippen molar-refractivity contribution in [2.24, 2.45) is 0 Å². The lowest BCUT2D eigenvalue weighted by Gasteiger charge is -2.21. The maximum Gasteiger partial charge on any atom is 0.246 e. The molecule has 0 amide bonds. The highest BCUT2D eigenvalue weighted by Crippen LogP contribution is 2.21. The van der Waals surface area contributed by atoms with Crippen molar-refractivity contribution in [3.05, 3.63) is 47.0 Å². The molecule has 0 aliphatic rings. The minimum atomic E-state index is -3.48. The molecule has 1 N–H and O–H groups in total. The van der Waals surface area contributed by atoms with Crippen molar-refractivity contribution in [2.75, 3.05) is 12.4 Å². The van der Waals surface area contributed by atoms with Gasteiger partial charge in [-0.1, -0.05) is 5.16 Å². The van der Waals surface area contributed by atoms with E-state index in [2.05, 4.69) is 15.5 Å². The summed E-state index contributed by atoms with van der Waals surface area (Å²) >= 11 is 1.57. The first-order valence-electron chi connectivity index (χ1n) is 8.05. The number of hydrogen-bond donors (Lipinski definition) is 1. The molecule has 0 atom stereocenters. The molecule has 0 fully saturated rings. The number of nitrogens with one attached hydrogen (secondary N) is 1. The minimum Gasteiger partial charge on any atom is -0.376 e. The number of thiophene rings is 1. The predicted octanol–water partition coefficient (Wildman–Crippen LogP) is 3.44. The average molecular weight is 393 g/mol. The van der Waals surface area contributed by atoms with Gasteiger partial charge in [0.25, 0.3) is 0 Å². The van der Waals surface area contributed by atoms with Crippen molar-refractivity contribution in [3.63, 3.8) is 0 Å². The van der Waals surface area contributed by atoms with Gasteiger partial charge in [-0.05, 0) is 49.6 Å². The van der Waals surface area contributed by atoms with E-state index in [1.54, 1.807) is 42.6 Å². The summed E-state index contributed by atoms with van der Waals surface area (Å²) in [5.41, 5.74) is 1.69. The molecule has 0 saturated heterocycles. The lowest BCUT2D eigenvalue weighted by atomic mass is 10.3. The van der Waals surface area contributed by atoms with Gasteiger partial charge in [-0.25, -0.2) is 8.42 Å². The van der Waals surface area contributed by atoms with E-state index in [9.17, 15) is 8.42 Å². The summed E-state index contributed by atoms with van der Waals surface area (Å²) in [7, 11) is -1.90. The van der Waals surface area contributed by atoms with Crippen molar-refractivity contribution in [1.29, 1.82) is 0 Å². The van der Waals surface area contributed by atoms with Gasteiger partial charge in [0.15, 0.2) is 0 Å². The zero-order valence-corrected chi connectivity index (χ0v) is 16.3. The fourth-order valence-corrected chi connectivity index (χ4v) is 4.20. The molecule has 3 rings (SSSR count). The summed E-state index contributed by atoms with van der Waals surface area (Å²) < 4.78 is 31.5. The van der Waals surface area contributed by atoms with Gasteiger partial charge < -0.3 is 9.84 Å². The van der Waals surface area contributed by atoms with Crippen LogP contribution in [0.1, 0.15) is 19.7 Å². The van der Waals surface area contributed by atoms with Crippen LogP contribution in [0.5, 0.6) is 0 Å². The SMILES string of the molecule is CC(C)N(C)S(=O)(=O)c1ccc(NCc2nc(-c3ccsc3)no2)cc1. The van der Waals surface area contributed by atoms with Crippen LogP contribution < -0.4 is 5.32 Å². The zero-order valence-electron chi connectivity index (χ0n) is 14.7. The molecule has 1 aromatic carbocycles. The molecule has 3 aromatic rings. The minimum absolute atomic E-state index is 0.104. The van der Waals surface area contributed by atoms with Crippen LogP contribution in [0.15, 0.2) is 50.5 Å². The predicted molar refractivity (Wildman–Crippen MR) is 101 cm³/mol. The lowest BCUT2D eigenvalue weighted by Crippen LogP contribution is -2.33. The number of nitrogens with zero attached hydrogens (tertiary/aromatic N) is 3. The smallest absolute Gasteiger partial charge is 0.246 e. The summed E-state index contributed by atoms with van der Waals surface area (Å²) in [4.78, 5) is 4.59. The largest absolute Gasteiger partial charge is 0.376 e. The van der Waals surface area contributed by atoms with Gasteiger partial charge >= 0.3 is 0 Å². The second-order valence-corrected chi connectivity index (χ2v) is 8.79. The standard InChI is InChI=1S/C17H20N4O3S2/c1-12(2)21(3)26(22,23)15-6-4-14(5-7-15)18-10-16-19-17(20-24-16)13-8-9-25-11-13/h4-9,11-12,18H,10H2,1-3H3. The summed E-state index contributed by atoms with van der Waals surface area (Å²) in [6.45, 7) is 4.03. The van der Waals surface area contributed by atoms with Crippen molar-refractivity contribution in [1.82, 2.24) is 14.4 Å². The van der Waals surface area contributed by atoms with Gasteiger partial charge in [0, 0.05) is 29.7 Å². The van der Waals surface area contributed by atoms with E-state index < -0.39 is 10.0 Å². The Balaban J connectivity index is 1.65. The zero-order chi connectivity index (χ0) is 18.7. The Morgan fingerprint density at radius 3 is 2.58 bits per heavy atom. The first-order valence-corrected chi connectivity index (χ1v) is 10.4. The van der Waals surface area contributed by atoms with Crippen LogP contribution in [-0.2, 0) is 16.6 Å². The number of rotatable bonds is 7. The first-order chi connectivity index (χ1) is 12.4. The van der Waals surface area contributed by atoms with Crippen LogP contribution in [0, 0.1) is 0 Å². The summed E-state index contributed by atoms with van der Waals surface area (Å²) in [5.74, 6) is 1.02. The summed E-state index contributed by atoms with van der Waals surface area (Å²) in [6.07, 6.45) is 0. The Morgan fingerprint density at radius 2 is 1.96 bits per heavy atom. The molecular formula is C17H20N4O3S2. The van der Waals surface area contributed by atoms with E-state index in [0.717, 1.165) is 11.3 Å². The molecule has 0 aliphatic heterocycles. The van der Waals surface area contributed by atoms with Gasteiger partial charge in [-0.3, -0.25) is 0 Å². The molecular weight excluding hydrogens is 372 g/mol. The molecule has 2 aromatic heterocycles. The van der Waals surface area contributed by atoms with Crippen molar-refractivity contribution < 1.29 is 12.9 Å². The molecule has 138 valence electrons. The Labute approximate surface area is 156 Å². The second-order valence-electron chi connectivity index (χ2n) is 6.02. The first kappa shape index (κ1) is 18.6. The molecule has 0 aliphatic carbocycles. The van der Waals surface area contributed by atoms with Gasteiger partial charge in [0.1, 0.15) is 0 Å². The molecule has 2 heterocycles. The van der Waals surface area contributed by atoms with E-state index in [-0.39, 0.29) is 10.9 Å². The van der Waals surface area contributed by atoms with Gasteiger partial charge in [0.2, 0.25) is 21.7 Å². The third-order valence-electron chi connectivity index (χ3n) is 3.95. The Hall–Kier alpha value is -2.23. The normalized spacial score (nSPS) is 12.0. The molecule has 0 bridgehead atoms. The highest BCUT2D eigenvalue weighted by Gasteiger charge is 2.22. The van der Waals surface area contributed by atoms with Crippen molar-refractivity contribution >= 4 is 27.0 Å². The Morgan fingerprint density at radius 1 is 1.23 bits per heavy atom. The van der Waals surface area contributed by atoms with Crippen LogP contribution in [-0.4, -0.2) is 36.0 Å². The molecule has 0 saturated carbocycles. The van der Waals surface area contributed by atoms with Crippen molar-refractivity contribution in [2.45, 2.75) is 31.3 Å². The Kier molecular flexibility index (Phi) is 5.40. The molecule has 0 radical (unpaired) electrons. The number of hydrogen-bond acceptors (Lipinski definition) is 7. The van der Waals surface area contributed by atoms with E-state index in [4.69, 9.17) is 4.52 Å². The maximum atomic E-state index is 12.5. The van der Waals surface area contributed by atoms with E-state index in [1.165, 1.54) is 4.31 Å². The van der Waals surface area contributed by atoms with Gasteiger partial charge in [-0.2, -0.15) is 20.6 Å². The fraction of sp³-hybridized carbons (Fsp3) is 0.294. The number of aromatic nitrogens is 2. The monoisotopic (exact) mass is 392 g/mol. The number of benzene rings is 1. The van der Waals surface area contributed by atoms with E-state index >= 15 is 0 Å². The molecule has 0 spiro atoms. The number of anilines is 1. The lowest BCUT2D eigenvalue weighted by molar-refractivity contribution is 0.384. The highest BCUT2D eigenvalue weighted by atomic mass is 32.2. The highest BCUT2D eigenvalue weighted by molar-refractivity contribution is 7.89.